The average Bonchev–Trinajstić information content (AvgIpc) is 3.38. The van der Waals surface area contributed by atoms with Gasteiger partial charge in [0.25, 0.3) is 17.5 Å². The molecule has 0 aliphatic heterocycles. The van der Waals surface area contributed by atoms with Crippen molar-refractivity contribution in [2.45, 2.75) is 6.18 Å². The van der Waals surface area contributed by atoms with Gasteiger partial charge in [0, 0.05) is 12.1 Å². The van der Waals surface area contributed by atoms with Crippen molar-refractivity contribution >= 4 is 17.0 Å². The molecule has 0 spiro atoms. The number of rotatable bonds is 4. The number of non-ortho nitro benzene ring substituents is 1. The van der Waals surface area contributed by atoms with Gasteiger partial charge in [0.2, 0.25) is 0 Å². The molecule has 28 heavy (non-hydrogen) atoms. The number of alkyl halides is 3. The van der Waals surface area contributed by atoms with Gasteiger partial charge in [-0.1, -0.05) is 6.07 Å². The van der Waals surface area contributed by atoms with E-state index >= 15 is 0 Å². The van der Waals surface area contributed by atoms with E-state index in [0.717, 1.165) is 18.3 Å². The van der Waals surface area contributed by atoms with Crippen LogP contribution in [0.25, 0.3) is 27.9 Å². The molecular formula is C16H8F3N5O3S. The van der Waals surface area contributed by atoms with Crippen LogP contribution in [0.1, 0.15) is 5.69 Å². The quantitative estimate of drug-likeness (QED) is 0.363. The van der Waals surface area contributed by atoms with E-state index in [1.54, 1.807) is 17.5 Å². The van der Waals surface area contributed by atoms with Crippen molar-refractivity contribution in [3.05, 3.63) is 63.8 Å². The summed E-state index contributed by atoms with van der Waals surface area (Å²) in [5.74, 6) is -0.231. The molecule has 12 heteroatoms. The van der Waals surface area contributed by atoms with Crippen LogP contribution in [0, 0.1) is 10.1 Å². The fourth-order valence-corrected chi connectivity index (χ4v) is 3.17. The van der Waals surface area contributed by atoms with Crippen molar-refractivity contribution in [3.8, 4) is 27.9 Å². The smallest absolute Gasteiger partial charge is 0.415 e. The van der Waals surface area contributed by atoms with E-state index in [2.05, 4.69) is 15.3 Å². The van der Waals surface area contributed by atoms with Gasteiger partial charge in [-0.3, -0.25) is 10.1 Å². The van der Waals surface area contributed by atoms with Crippen molar-refractivity contribution < 1.29 is 22.5 Å². The summed E-state index contributed by atoms with van der Waals surface area (Å²) in [5, 5.41) is 23.8. The summed E-state index contributed by atoms with van der Waals surface area (Å²) in [5.41, 5.74) is -1.76. The molecule has 0 fully saturated rings. The van der Waals surface area contributed by atoms with Crippen molar-refractivity contribution in [2.75, 3.05) is 0 Å². The maximum atomic E-state index is 13.7. The summed E-state index contributed by atoms with van der Waals surface area (Å²) in [7, 11) is 0. The van der Waals surface area contributed by atoms with Gasteiger partial charge in [-0.15, -0.1) is 21.5 Å². The van der Waals surface area contributed by atoms with E-state index in [1.165, 1.54) is 23.5 Å². The number of aromatic nitrogens is 4. The minimum absolute atomic E-state index is 0.00201. The second kappa shape index (κ2) is 6.56. The van der Waals surface area contributed by atoms with E-state index in [9.17, 15) is 23.3 Å². The third-order valence-corrected chi connectivity index (χ3v) is 4.59. The van der Waals surface area contributed by atoms with Crippen LogP contribution in [0.4, 0.5) is 18.9 Å². The number of nitrogens with zero attached hydrogens (tertiary/aromatic N) is 5. The Balaban J connectivity index is 1.80. The Hall–Kier alpha value is -3.54. The van der Waals surface area contributed by atoms with Gasteiger partial charge in [0.1, 0.15) is 0 Å². The van der Waals surface area contributed by atoms with Crippen LogP contribution in [0.2, 0.25) is 0 Å². The molecule has 4 rings (SSSR count). The minimum atomic E-state index is -4.79. The molecule has 0 aliphatic carbocycles. The lowest BCUT2D eigenvalue weighted by molar-refractivity contribution is -0.384. The Kier molecular flexibility index (Phi) is 4.19. The molecule has 3 aromatic heterocycles. The molecule has 0 atom stereocenters. The van der Waals surface area contributed by atoms with Crippen LogP contribution in [0.15, 0.2) is 52.4 Å². The lowest BCUT2D eigenvalue weighted by Crippen LogP contribution is -2.14. The molecule has 0 N–H and O–H groups in total. The zero-order valence-electron chi connectivity index (χ0n) is 13.6. The molecule has 0 aliphatic rings. The first-order chi connectivity index (χ1) is 13.3. The van der Waals surface area contributed by atoms with E-state index in [1.807, 2.05) is 0 Å². The van der Waals surface area contributed by atoms with Gasteiger partial charge in [0.05, 0.1) is 27.2 Å². The number of nitro benzene ring substituents is 1. The minimum Gasteiger partial charge on any atom is -0.415 e. The molecular weight excluding hydrogens is 399 g/mol. The largest absolute Gasteiger partial charge is 0.434 e. The highest BCUT2D eigenvalue weighted by atomic mass is 32.1. The first kappa shape index (κ1) is 17.9. The molecule has 1 aromatic carbocycles. The highest BCUT2D eigenvalue weighted by Gasteiger charge is 2.40. The highest BCUT2D eigenvalue weighted by Crippen LogP contribution is 2.39. The van der Waals surface area contributed by atoms with E-state index in [-0.39, 0.29) is 28.7 Å². The van der Waals surface area contributed by atoms with Crippen molar-refractivity contribution in [1.29, 1.82) is 0 Å². The topological polar surface area (TPSA) is 99.9 Å². The number of thiophene rings is 1. The van der Waals surface area contributed by atoms with Gasteiger partial charge < -0.3 is 4.42 Å². The van der Waals surface area contributed by atoms with Crippen LogP contribution in [-0.2, 0) is 6.18 Å². The summed E-state index contributed by atoms with van der Waals surface area (Å²) in [6.45, 7) is 0. The number of hydrogen-bond donors (Lipinski definition) is 0. The predicted octanol–water partition coefficient (Wildman–Crippen LogP) is 4.58. The van der Waals surface area contributed by atoms with Crippen LogP contribution < -0.4 is 0 Å². The number of halogens is 3. The molecule has 0 saturated carbocycles. The number of hydrogen-bond acceptors (Lipinski definition) is 7. The van der Waals surface area contributed by atoms with Crippen LogP contribution >= 0.6 is 11.3 Å². The zero-order valence-corrected chi connectivity index (χ0v) is 14.4. The predicted molar refractivity (Wildman–Crippen MR) is 91.8 cm³/mol. The molecule has 0 radical (unpaired) electrons. The second-order valence-electron chi connectivity index (χ2n) is 5.48. The fraction of sp³-hybridized carbons (Fsp3) is 0.0625. The average molecular weight is 407 g/mol. The van der Waals surface area contributed by atoms with Gasteiger partial charge >= 0.3 is 6.18 Å². The van der Waals surface area contributed by atoms with Crippen LogP contribution in [0.3, 0.4) is 0 Å². The van der Waals surface area contributed by atoms with E-state index in [4.69, 9.17) is 4.42 Å². The lowest BCUT2D eigenvalue weighted by atomic mass is 10.2. The van der Waals surface area contributed by atoms with Gasteiger partial charge in [-0.2, -0.15) is 18.3 Å². The van der Waals surface area contributed by atoms with Gasteiger partial charge in [0.15, 0.2) is 5.69 Å². The molecule has 4 aromatic rings. The Morgan fingerprint density at radius 1 is 1.11 bits per heavy atom. The molecule has 0 bridgehead atoms. The van der Waals surface area contributed by atoms with E-state index < -0.39 is 16.8 Å². The number of benzene rings is 1. The summed E-state index contributed by atoms with van der Waals surface area (Å²) >= 11 is 1.31. The molecule has 3 heterocycles. The van der Waals surface area contributed by atoms with Crippen molar-refractivity contribution in [2.24, 2.45) is 0 Å². The molecule has 142 valence electrons. The van der Waals surface area contributed by atoms with Gasteiger partial charge in [-0.05, 0) is 23.6 Å². The Labute approximate surface area is 158 Å². The Bertz CT molecular complexity index is 1130. The molecule has 0 unspecified atom stereocenters. The standard InChI is InChI=1S/C16H8F3N5O3S/c17-16(18,19)13-11(14-21-22-15(27-14)12-2-1-7-28-12)8-20-23(13)9-3-5-10(6-4-9)24(25)26/h1-8H. The van der Waals surface area contributed by atoms with Crippen molar-refractivity contribution in [1.82, 2.24) is 20.0 Å². The first-order valence-electron chi connectivity index (χ1n) is 7.62. The van der Waals surface area contributed by atoms with Crippen molar-refractivity contribution in [3.63, 3.8) is 0 Å². The monoisotopic (exact) mass is 407 g/mol. The molecule has 8 nitrogen and oxygen atoms in total. The third kappa shape index (κ3) is 3.13. The zero-order chi connectivity index (χ0) is 19.9. The SMILES string of the molecule is O=[N+]([O-])c1ccc(-n2ncc(-c3nnc(-c4cccs4)o3)c2C(F)(F)F)cc1. The fourth-order valence-electron chi connectivity index (χ4n) is 2.52. The van der Waals surface area contributed by atoms with E-state index in [0.29, 0.717) is 9.56 Å². The maximum absolute atomic E-state index is 13.7. The van der Waals surface area contributed by atoms with Gasteiger partial charge in [-0.25, -0.2) is 4.68 Å². The van der Waals surface area contributed by atoms with Crippen LogP contribution in [-0.4, -0.2) is 24.9 Å². The Morgan fingerprint density at radius 3 is 2.43 bits per heavy atom. The maximum Gasteiger partial charge on any atom is 0.434 e. The Morgan fingerprint density at radius 2 is 1.82 bits per heavy atom. The van der Waals surface area contributed by atoms with Crippen LogP contribution in [0.5, 0.6) is 0 Å². The molecule has 0 saturated heterocycles. The molecule has 0 amide bonds. The summed E-state index contributed by atoms with van der Waals surface area (Å²) in [6.07, 6.45) is -3.82. The third-order valence-electron chi connectivity index (χ3n) is 3.73. The summed E-state index contributed by atoms with van der Waals surface area (Å²) in [4.78, 5) is 10.7. The normalized spacial score (nSPS) is 11.7. The highest BCUT2D eigenvalue weighted by molar-refractivity contribution is 7.13. The first-order valence-corrected chi connectivity index (χ1v) is 8.50. The summed E-state index contributed by atoms with van der Waals surface area (Å²) in [6, 6.07) is 7.99. The summed E-state index contributed by atoms with van der Waals surface area (Å²) < 4.78 is 47.3. The number of nitro groups is 1. The lowest BCUT2D eigenvalue weighted by Gasteiger charge is -2.11. The second-order valence-corrected chi connectivity index (χ2v) is 6.43.